The molecule has 0 aromatic carbocycles. The van der Waals surface area contributed by atoms with Gasteiger partial charge in [-0.1, -0.05) is 12.8 Å². The molecular formula is C10H14N2O3. The first-order valence-electron chi connectivity index (χ1n) is 5.04. The Morgan fingerprint density at radius 2 is 1.93 bits per heavy atom. The van der Waals surface area contributed by atoms with E-state index >= 15 is 0 Å². The zero-order valence-electron chi connectivity index (χ0n) is 8.40. The molecule has 82 valence electrons. The van der Waals surface area contributed by atoms with Crippen molar-refractivity contribution in [3.63, 3.8) is 0 Å². The van der Waals surface area contributed by atoms with Crippen LogP contribution in [0.2, 0.25) is 0 Å². The predicted octanol–water partition coefficient (Wildman–Crippen LogP) is 0.517. The molecule has 2 atom stereocenters. The van der Waals surface area contributed by atoms with E-state index in [9.17, 15) is 9.59 Å². The van der Waals surface area contributed by atoms with Crippen LogP contribution >= 0.6 is 0 Å². The number of hydrogen-bond donors (Lipinski definition) is 2. The van der Waals surface area contributed by atoms with Gasteiger partial charge in [0.1, 0.15) is 6.54 Å². The van der Waals surface area contributed by atoms with Gasteiger partial charge in [0.15, 0.2) is 0 Å². The van der Waals surface area contributed by atoms with E-state index in [0.29, 0.717) is 12.8 Å². The van der Waals surface area contributed by atoms with E-state index in [0.717, 1.165) is 12.8 Å². The predicted molar refractivity (Wildman–Crippen MR) is 51.7 cm³/mol. The first kappa shape index (κ1) is 11.5. The average Bonchev–Trinajstić information content (AvgIpc) is 2.25. The van der Waals surface area contributed by atoms with Crippen LogP contribution in [0.25, 0.3) is 0 Å². The van der Waals surface area contributed by atoms with Crippen molar-refractivity contribution < 1.29 is 14.7 Å². The highest BCUT2D eigenvalue weighted by Crippen LogP contribution is 2.30. The lowest BCUT2D eigenvalue weighted by molar-refractivity contribution is -0.148. The standard InChI is InChI=1S/C10H14N2O3/c11-5-6-12-9(13)7-3-1-2-4-8(7)10(14)15/h7-8H,1-4,6H2,(H,12,13)(H,14,15)/t7-,8+/m1/s1. The maximum absolute atomic E-state index is 11.5. The number of hydrogen-bond acceptors (Lipinski definition) is 3. The quantitative estimate of drug-likeness (QED) is 0.664. The van der Waals surface area contributed by atoms with E-state index in [1.165, 1.54) is 0 Å². The fourth-order valence-corrected chi connectivity index (χ4v) is 2.00. The fraction of sp³-hybridized carbons (Fsp3) is 0.700. The number of carbonyl (C=O) groups is 2. The molecule has 1 saturated carbocycles. The minimum atomic E-state index is -0.910. The molecule has 0 aliphatic heterocycles. The summed E-state index contributed by atoms with van der Waals surface area (Å²) in [5.41, 5.74) is 0. The van der Waals surface area contributed by atoms with Crippen LogP contribution in [-0.4, -0.2) is 23.5 Å². The van der Waals surface area contributed by atoms with Crippen LogP contribution in [0.15, 0.2) is 0 Å². The lowest BCUT2D eigenvalue weighted by Gasteiger charge is -2.26. The molecule has 15 heavy (non-hydrogen) atoms. The molecule has 1 fully saturated rings. The van der Waals surface area contributed by atoms with Crippen molar-refractivity contribution in [3.8, 4) is 6.07 Å². The van der Waals surface area contributed by atoms with Crippen LogP contribution in [0.3, 0.4) is 0 Å². The Kier molecular flexibility index (Phi) is 4.10. The molecule has 1 rings (SSSR count). The third kappa shape index (κ3) is 2.94. The van der Waals surface area contributed by atoms with Crippen LogP contribution in [0.1, 0.15) is 25.7 Å². The summed E-state index contributed by atoms with van der Waals surface area (Å²) in [6.45, 7) is -0.0539. The molecule has 1 amide bonds. The molecule has 1 aliphatic carbocycles. The molecule has 2 N–H and O–H groups in total. The van der Waals surface area contributed by atoms with Gasteiger partial charge in [0, 0.05) is 0 Å². The number of nitrogens with zero attached hydrogens (tertiary/aromatic N) is 1. The first-order valence-corrected chi connectivity index (χ1v) is 5.04. The van der Waals surface area contributed by atoms with Gasteiger partial charge in [-0.3, -0.25) is 9.59 Å². The van der Waals surface area contributed by atoms with Gasteiger partial charge < -0.3 is 10.4 Å². The summed E-state index contributed by atoms with van der Waals surface area (Å²) in [6.07, 6.45) is 2.90. The third-order valence-electron chi connectivity index (χ3n) is 2.76. The minimum Gasteiger partial charge on any atom is -0.481 e. The Hall–Kier alpha value is -1.57. The van der Waals surface area contributed by atoms with Gasteiger partial charge in [0.2, 0.25) is 5.91 Å². The van der Waals surface area contributed by atoms with E-state index in [4.69, 9.17) is 10.4 Å². The highest BCUT2D eigenvalue weighted by Gasteiger charge is 2.35. The molecule has 0 aromatic rings. The SMILES string of the molecule is N#CCNC(=O)[C@@H]1CCCC[C@@H]1C(=O)O. The van der Waals surface area contributed by atoms with E-state index in [1.54, 1.807) is 6.07 Å². The summed E-state index contributed by atoms with van der Waals surface area (Å²) < 4.78 is 0. The van der Waals surface area contributed by atoms with Crippen molar-refractivity contribution in [2.75, 3.05) is 6.54 Å². The smallest absolute Gasteiger partial charge is 0.307 e. The summed E-state index contributed by atoms with van der Waals surface area (Å²) in [5, 5.41) is 19.7. The number of nitriles is 1. The van der Waals surface area contributed by atoms with E-state index in [2.05, 4.69) is 5.32 Å². The zero-order chi connectivity index (χ0) is 11.3. The van der Waals surface area contributed by atoms with E-state index < -0.39 is 17.8 Å². The van der Waals surface area contributed by atoms with Crippen LogP contribution < -0.4 is 5.32 Å². The molecule has 0 aromatic heterocycles. The number of carbonyl (C=O) groups excluding carboxylic acids is 1. The van der Waals surface area contributed by atoms with Gasteiger partial charge in [0.05, 0.1) is 17.9 Å². The van der Waals surface area contributed by atoms with Gasteiger partial charge >= 0.3 is 5.97 Å². The second-order valence-corrected chi connectivity index (χ2v) is 3.71. The maximum atomic E-state index is 11.5. The maximum Gasteiger partial charge on any atom is 0.307 e. The Balaban J connectivity index is 2.60. The average molecular weight is 210 g/mol. The number of rotatable bonds is 3. The first-order chi connectivity index (χ1) is 7.16. The Morgan fingerprint density at radius 3 is 2.47 bits per heavy atom. The van der Waals surface area contributed by atoms with Crippen molar-refractivity contribution >= 4 is 11.9 Å². The number of amides is 1. The molecule has 0 bridgehead atoms. The highest BCUT2D eigenvalue weighted by atomic mass is 16.4. The third-order valence-corrected chi connectivity index (χ3v) is 2.76. The molecule has 0 spiro atoms. The van der Waals surface area contributed by atoms with Gasteiger partial charge in [0.25, 0.3) is 0 Å². The monoisotopic (exact) mass is 210 g/mol. The molecule has 0 unspecified atom stereocenters. The van der Waals surface area contributed by atoms with Gasteiger partial charge in [-0.25, -0.2) is 0 Å². The molecular weight excluding hydrogens is 196 g/mol. The molecule has 0 radical (unpaired) electrons. The number of aliphatic carboxylic acids is 1. The lowest BCUT2D eigenvalue weighted by Crippen LogP contribution is -2.39. The molecule has 1 aliphatic rings. The highest BCUT2D eigenvalue weighted by molar-refractivity contribution is 5.84. The fourth-order valence-electron chi connectivity index (χ4n) is 2.00. The van der Waals surface area contributed by atoms with Crippen molar-refractivity contribution in [1.82, 2.24) is 5.32 Å². The van der Waals surface area contributed by atoms with Gasteiger partial charge in [-0.15, -0.1) is 0 Å². The number of carboxylic acids is 1. The molecule has 0 heterocycles. The number of nitrogens with one attached hydrogen (secondary N) is 1. The summed E-state index contributed by atoms with van der Waals surface area (Å²) in [6, 6.07) is 1.80. The van der Waals surface area contributed by atoms with Crippen LogP contribution in [0.4, 0.5) is 0 Å². The second kappa shape index (κ2) is 5.35. The van der Waals surface area contributed by atoms with Gasteiger partial charge in [-0.2, -0.15) is 5.26 Å². The van der Waals surface area contributed by atoms with E-state index in [-0.39, 0.29) is 12.5 Å². The van der Waals surface area contributed by atoms with Crippen molar-refractivity contribution in [3.05, 3.63) is 0 Å². The largest absolute Gasteiger partial charge is 0.481 e. The van der Waals surface area contributed by atoms with Crippen LogP contribution in [0.5, 0.6) is 0 Å². The minimum absolute atomic E-state index is 0.0539. The molecule has 5 nitrogen and oxygen atoms in total. The summed E-state index contributed by atoms with van der Waals surface area (Å²) >= 11 is 0. The van der Waals surface area contributed by atoms with Crippen molar-refractivity contribution in [1.29, 1.82) is 5.26 Å². The Morgan fingerprint density at radius 1 is 1.33 bits per heavy atom. The second-order valence-electron chi connectivity index (χ2n) is 3.71. The Bertz CT molecular complexity index is 296. The number of carboxylic acid groups (broad SMARTS) is 1. The molecule has 5 heteroatoms. The summed E-state index contributed by atoms with van der Waals surface area (Å²) in [5.74, 6) is -2.27. The zero-order valence-corrected chi connectivity index (χ0v) is 8.40. The normalized spacial score (nSPS) is 25.3. The van der Waals surface area contributed by atoms with Crippen molar-refractivity contribution in [2.45, 2.75) is 25.7 Å². The van der Waals surface area contributed by atoms with Crippen LogP contribution in [0, 0.1) is 23.2 Å². The van der Waals surface area contributed by atoms with Crippen LogP contribution in [-0.2, 0) is 9.59 Å². The van der Waals surface area contributed by atoms with Crippen molar-refractivity contribution in [2.24, 2.45) is 11.8 Å². The van der Waals surface area contributed by atoms with E-state index in [1.807, 2.05) is 0 Å². The lowest BCUT2D eigenvalue weighted by atomic mass is 9.79. The summed E-state index contributed by atoms with van der Waals surface area (Å²) in [4.78, 5) is 22.4. The van der Waals surface area contributed by atoms with Gasteiger partial charge in [-0.05, 0) is 12.8 Å². The topological polar surface area (TPSA) is 90.2 Å². The Labute approximate surface area is 88.1 Å². The summed E-state index contributed by atoms with van der Waals surface area (Å²) in [7, 11) is 0. The molecule has 0 saturated heterocycles.